The van der Waals surface area contributed by atoms with Crippen molar-refractivity contribution in [2.45, 2.75) is 0 Å². The summed E-state index contributed by atoms with van der Waals surface area (Å²) in [6.45, 7) is 0. The second kappa shape index (κ2) is 8.58. The molecular formula is C16H12Cl4N2O2. The van der Waals surface area contributed by atoms with E-state index < -0.39 is 0 Å². The average Bonchev–Trinajstić information content (AvgIpc) is 2.50. The number of nitrogens with zero attached hydrogens (tertiary/aromatic N) is 2. The van der Waals surface area contributed by atoms with E-state index in [0.717, 1.165) is 0 Å². The lowest BCUT2D eigenvalue weighted by Crippen LogP contribution is -1.93. The molecule has 0 radical (unpaired) electrons. The Balaban J connectivity index is 2.29. The van der Waals surface area contributed by atoms with Gasteiger partial charge in [-0.3, -0.25) is 0 Å². The molecule has 0 N–H and O–H groups in total. The summed E-state index contributed by atoms with van der Waals surface area (Å²) < 4.78 is 10.5. The molecule has 2 rings (SSSR count). The van der Waals surface area contributed by atoms with Gasteiger partial charge in [0, 0.05) is 21.2 Å². The number of methoxy groups -OCH3 is 2. The molecule has 2 aromatic carbocycles. The first-order valence-corrected chi connectivity index (χ1v) is 8.10. The smallest absolute Gasteiger partial charge is 0.146 e. The molecular weight excluding hydrogens is 394 g/mol. The van der Waals surface area contributed by atoms with Gasteiger partial charge >= 0.3 is 0 Å². The summed E-state index contributed by atoms with van der Waals surface area (Å²) in [6.07, 6.45) is 2.96. The van der Waals surface area contributed by atoms with Crippen molar-refractivity contribution in [3.05, 3.63) is 55.5 Å². The van der Waals surface area contributed by atoms with Crippen LogP contribution in [0.4, 0.5) is 0 Å². The zero-order chi connectivity index (χ0) is 17.7. The van der Waals surface area contributed by atoms with Gasteiger partial charge in [-0.2, -0.15) is 10.2 Å². The van der Waals surface area contributed by atoms with E-state index in [1.54, 1.807) is 24.3 Å². The van der Waals surface area contributed by atoms with E-state index >= 15 is 0 Å². The molecule has 2 aromatic rings. The predicted molar refractivity (Wildman–Crippen MR) is 101 cm³/mol. The molecule has 0 aliphatic rings. The number of hydrogen-bond donors (Lipinski definition) is 0. The molecule has 8 heteroatoms. The summed E-state index contributed by atoms with van der Waals surface area (Å²) in [7, 11) is 3.02. The second-order valence-corrected chi connectivity index (χ2v) is 6.20. The second-order valence-electron chi connectivity index (χ2n) is 4.51. The highest BCUT2D eigenvalue weighted by Gasteiger charge is 2.09. The highest BCUT2D eigenvalue weighted by atomic mass is 35.5. The first-order chi connectivity index (χ1) is 11.5. The maximum Gasteiger partial charge on any atom is 0.146 e. The van der Waals surface area contributed by atoms with Crippen LogP contribution in [0.15, 0.2) is 34.5 Å². The zero-order valence-corrected chi connectivity index (χ0v) is 15.7. The van der Waals surface area contributed by atoms with Gasteiger partial charge in [-0.15, -0.1) is 0 Å². The van der Waals surface area contributed by atoms with Gasteiger partial charge in [-0.05, 0) is 24.3 Å². The summed E-state index contributed by atoms with van der Waals surface area (Å²) in [6, 6.07) is 6.51. The molecule has 24 heavy (non-hydrogen) atoms. The Bertz CT molecular complexity index is 740. The molecule has 0 spiro atoms. The molecule has 0 amide bonds. The van der Waals surface area contributed by atoms with Crippen molar-refractivity contribution in [1.82, 2.24) is 0 Å². The van der Waals surface area contributed by atoms with E-state index in [4.69, 9.17) is 55.9 Å². The number of rotatable bonds is 5. The molecule has 0 fully saturated rings. The average molecular weight is 406 g/mol. The van der Waals surface area contributed by atoms with Crippen LogP contribution in [0.2, 0.25) is 20.1 Å². The van der Waals surface area contributed by atoms with E-state index in [-0.39, 0.29) is 0 Å². The van der Waals surface area contributed by atoms with Crippen LogP contribution in [0.5, 0.6) is 11.5 Å². The summed E-state index contributed by atoms with van der Waals surface area (Å²) >= 11 is 24.1. The molecule has 0 saturated heterocycles. The lowest BCUT2D eigenvalue weighted by molar-refractivity contribution is 0.414. The van der Waals surface area contributed by atoms with Gasteiger partial charge < -0.3 is 9.47 Å². The quantitative estimate of drug-likeness (QED) is 0.468. The summed E-state index contributed by atoms with van der Waals surface area (Å²) in [4.78, 5) is 0. The van der Waals surface area contributed by atoms with Crippen LogP contribution in [0.1, 0.15) is 11.1 Å². The molecule has 0 aliphatic carbocycles. The van der Waals surface area contributed by atoms with Crippen LogP contribution in [-0.2, 0) is 0 Å². The van der Waals surface area contributed by atoms with Gasteiger partial charge in [0.2, 0.25) is 0 Å². The largest absolute Gasteiger partial charge is 0.495 e. The van der Waals surface area contributed by atoms with Crippen molar-refractivity contribution < 1.29 is 9.47 Å². The van der Waals surface area contributed by atoms with E-state index in [9.17, 15) is 0 Å². The third-order valence-electron chi connectivity index (χ3n) is 2.94. The fraction of sp³-hybridized carbons (Fsp3) is 0.125. The molecule has 0 bridgehead atoms. The number of halogens is 4. The van der Waals surface area contributed by atoms with Crippen LogP contribution in [-0.4, -0.2) is 26.6 Å². The van der Waals surface area contributed by atoms with Gasteiger partial charge in [0.25, 0.3) is 0 Å². The number of hydrogen-bond acceptors (Lipinski definition) is 4. The van der Waals surface area contributed by atoms with Crippen molar-refractivity contribution in [3.8, 4) is 11.5 Å². The van der Waals surface area contributed by atoms with E-state index in [2.05, 4.69) is 10.2 Å². The Morgan fingerprint density at radius 1 is 0.708 bits per heavy atom. The van der Waals surface area contributed by atoms with E-state index in [0.29, 0.717) is 42.7 Å². The summed E-state index contributed by atoms with van der Waals surface area (Å²) in [5, 5.41) is 9.65. The normalized spacial score (nSPS) is 11.4. The van der Waals surface area contributed by atoms with E-state index in [1.807, 2.05) is 0 Å². The summed E-state index contributed by atoms with van der Waals surface area (Å²) in [5.41, 5.74) is 1.20. The van der Waals surface area contributed by atoms with Crippen molar-refractivity contribution in [3.63, 3.8) is 0 Å². The van der Waals surface area contributed by atoms with Gasteiger partial charge in [0.05, 0.1) is 36.7 Å². The Kier molecular flexibility index (Phi) is 6.75. The Morgan fingerprint density at radius 3 is 1.42 bits per heavy atom. The minimum absolute atomic E-state index is 0.388. The zero-order valence-electron chi connectivity index (χ0n) is 12.7. The maximum absolute atomic E-state index is 6.06. The fourth-order valence-corrected chi connectivity index (χ4v) is 3.15. The molecule has 4 nitrogen and oxygen atoms in total. The molecule has 0 heterocycles. The maximum atomic E-state index is 6.06. The van der Waals surface area contributed by atoms with Crippen LogP contribution >= 0.6 is 46.4 Å². The molecule has 0 atom stereocenters. The van der Waals surface area contributed by atoms with Crippen LogP contribution in [0.25, 0.3) is 0 Å². The first kappa shape index (κ1) is 18.9. The van der Waals surface area contributed by atoms with Gasteiger partial charge in [0.1, 0.15) is 11.5 Å². The number of ether oxygens (including phenoxy) is 2. The third-order valence-corrected chi connectivity index (χ3v) is 3.94. The predicted octanol–water partition coefficient (Wildman–Crippen LogP) is 5.77. The monoisotopic (exact) mass is 404 g/mol. The Morgan fingerprint density at radius 2 is 1.08 bits per heavy atom. The SMILES string of the molecule is COc1c(Cl)cc(Cl)cc1/C=N\N=C/c1cc(Cl)cc(Cl)c1OC. The minimum atomic E-state index is 0.388. The highest BCUT2D eigenvalue weighted by molar-refractivity contribution is 6.36. The molecule has 0 aromatic heterocycles. The van der Waals surface area contributed by atoms with Gasteiger partial charge in [-0.25, -0.2) is 0 Å². The Labute approximate surface area is 159 Å². The van der Waals surface area contributed by atoms with Crippen molar-refractivity contribution in [2.24, 2.45) is 10.2 Å². The van der Waals surface area contributed by atoms with Crippen LogP contribution in [0.3, 0.4) is 0 Å². The fourth-order valence-electron chi connectivity index (χ4n) is 1.97. The lowest BCUT2D eigenvalue weighted by atomic mass is 10.2. The van der Waals surface area contributed by atoms with Crippen molar-refractivity contribution in [2.75, 3.05) is 14.2 Å². The van der Waals surface area contributed by atoms with E-state index in [1.165, 1.54) is 26.6 Å². The standard InChI is InChI=1S/C16H12Cl4N2O2/c1-23-15-9(3-11(17)5-13(15)19)7-21-22-8-10-4-12(18)6-14(20)16(10)24-2/h3-8H,1-2H3/b21-7-,22-8-. The molecule has 0 aliphatic heterocycles. The molecule has 126 valence electrons. The summed E-state index contributed by atoms with van der Waals surface area (Å²) in [5.74, 6) is 0.923. The lowest BCUT2D eigenvalue weighted by Gasteiger charge is -2.07. The molecule has 0 unspecified atom stereocenters. The number of benzene rings is 2. The van der Waals surface area contributed by atoms with Gasteiger partial charge in [-0.1, -0.05) is 46.4 Å². The topological polar surface area (TPSA) is 43.2 Å². The minimum Gasteiger partial charge on any atom is -0.495 e. The third kappa shape index (κ3) is 4.54. The van der Waals surface area contributed by atoms with Crippen LogP contribution < -0.4 is 9.47 Å². The first-order valence-electron chi connectivity index (χ1n) is 6.58. The van der Waals surface area contributed by atoms with Crippen LogP contribution in [0, 0.1) is 0 Å². The van der Waals surface area contributed by atoms with Crippen molar-refractivity contribution >= 4 is 58.8 Å². The highest BCUT2D eigenvalue weighted by Crippen LogP contribution is 2.32. The van der Waals surface area contributed by atoms with Crippen molar-refractivity contribution in [1.29, 1.82) is 0 Å². The Hall–Kier alpha value is -1.46. The van der Waals surface area contributed by atoms with Gasteiger partial charge in [0.15, 0.2) is 0 Å². The molecule has 0 saturated carbocycles.